The van der Waals surface area contributed by atoms with E-state index in [1.54, 1.807) is 25.3 Å². The Labute approximate surface area is 124 Å². The summed E-state index contributed by atoms with van der Waals surface area (Å²) in [5.74, 6) is 0.608. The molecule has 0 aromatic heterocycles. The van der Waals surface area contributed by atoms with E-state index in [2.05, 4.69) is 5.32 Å². The highest BCUT2D eigenvalue weighted by Gasteiger charge is 2.08. The van der Waals surface area contributed by atoms with Crippen LogP contribution < -0.4 is 15.8 Å². The molecule has 0 bridgehead atoms. The summed E-state index contributed by atoms with van der Waals surface area (Å²) in [4.78, 5) is 12.0. The quantitative estimate of drug-likeness (QED) is 0.829. The lowest BCUT2D eigenvalue weighted by atomic mass is 10.0. The zero-order valence-corrected chi connectivity index (χ0v) is 12.3. The van der Waals surface area contributed by atoms with Crippen LogP contribution in [0.25, 0.3) is 0 Å². The third-order valence-electron chi connectivity index (χ3n) is 3.42. The molecule has 0 saturated heterocycles. The second kappa shape index (κ2) is 6.79. The number of nitrogen functional groups attached to an aromatic ring is 1. The van der Waals surface area contributed by atoms with Crippen molar-refractivity contribution < 1.29 is 9.53 Å². The smallest absolute Gasteiger partial charge is 0.224 e. The normalized spacial score (nSPS) is 10.2. The number of nitrogens with two attached hydrogens (primary N) is 1. The Hall–Kier alpha value is -2.49. The minimum atomic E-state index is -0.0572. The Morgan fingerprint density at radius 1 is 1.24 bits per heavy atom. The lowest BCUT2D eigenvalue weighted by Gasteiger charge is -2.10. The molecule has 0 radical (unpaired) electrons. The predicted octanol–water partition coefficient (Wildman–Crippen LogP) is 3.16. The van der Waals surface area contributed by atoms with Crippen LogP contribution in [0.2, 0.25) is 0 Å². The molecule has 0 aliphatic heterocycles. The molecule has 110 valence electrons. The Balaban J connectivity index is 1.97. The maximum Gasteiger partial charge on any atom is 0.224 e. The van der Waals surface area contributed by atoms with Crippen LogP contribution >= 0.6 is 0 Å². The fourth-order valence-electron chi connectivity index (χ4n) is 2.12. The van der Waals surface area contributed by atoms with E-state index in [4.69, 9.17) is 10.5 Å². The average Bonchev–Trinajstić information content (AvgIpc) is 2.48. The van der Waals surface area contributed by atoms with Crippen molar-refractivity contribution in [1.29, 1.82) is 0 Å². The third-order valence-corrected chi connectivity index (χ3v) is 3.42. The van der Waals surface area contributed by atoms with Gasteiger partial charge in [0.25, 0.3) is 0 Å². The summed E-state index contributed by atoms with van der Waals surface area (Å²) in [6, 6.07) is 13.3. The number of carbonyl (C=O) groups is 1. The van der Waals surface area contributed by atoms with E-state index in [1.807, 2.05) is 31.2 Å². The van der Waals surface area contributed by atoms with E-state index in [9.17, 15) is 4.79 Å². The van der Waals surface area contributed by atoms with Crippen LogP contribution in [-0.2, 0) is 11.2 Å². The van der Waals surface area contributed by atoms with Gasteiger partial charge in [0, 0.05) is 12.5 Å². The number of benzene rings is 2. The van der Waals surface area contributed by atoms with Crippen LogP contribution in [0, 0.1) is 6.92 Å². The number of hydrogen-bond acceptors (Lipinski definition) is 3. The van der Waals surface area contributed by atoms with E-state index >= 15 is 0 Å². The van der Waals surface area contributed by atoms with Crippen molar-refractivity contribution in [1.82, 2.24) is 0 Å². The van der Waals surface area contributed by atoms with Crippen LogP contribution in [0.1, 0.15) is 17.5 Å². The standard InChI is InChI=1S/C17H20N2O2/c1-12-5-3-4-6-13(12)7-10-17(20)19-16-11-14(21-2)8-9-15(16)18/h3-6,8-9,11H,7,10,18H2,1-2H3,(H,19,20). The van der Waals surface area contributed by atoms with Crippen LogP contribution in [0.15, 0.2) is 42.5 Å². The average molecular weight is 284 g/mol. The van der Waals surface area contributed by atoms with Crippen molar-refractivity contribution in [2.75, 3.05) is 18.2 Å². The van der Waals surface area contributed by atoms with Crippen molar-refractivity contribution in [2.45, 2.75) is 19.8 Å². The van der Waals surface area contributed by atoms with Crippen LogP contribution in [0.3, 0.4) is 0 Å². The number of methoxy groups -OCH3 is 1. The Kier molecular flexibility index (Phi) is 4.82. The summed E-state index contributed by atoms with van der Waals surface area (Å²) in [6.45, 7) is 2.05. The number of ether oxygens (including phenoxy) is 1. The number of aryl methyl sites for hydroxylation is 2. The summed E-state index contributed by atoms with van der Waals surface area (Å²) in [5.41, 5.74) is 9.36. The van der Waals surface area contributed by atoms with Gasteiger partial charge < -0.3 is 15.8 Å². The molecule has 0 aliphatic carbocycles. The van der Waals surface area contributed by atoms with Gasteiger partial charge in [-0.3, -0.25) is 4.79 Å². The van der Waals surface area contributed by atoms with E-state index in [0.29, 0.717) is 30.0 Å². The van der Waals surface area contributed by atoms with E-state index in [1.165, 1.54) is 11.1 Å². The first-order valence-corrected chi connectivity index (χ1v) is 6.88. The second-order valence-electron chi connectivity index (χ2n) is 4.93. The van der Waals surface area contributed by atoms with E-state index < -0.39 is 0 Å². The van der Waals surface area contributed by atoms with Crippen LogP contribution in [0.5, 0.6) is 5.75 Å². The van der Waals surface area contributed by atoms with E-state index in [0.717, 1.165) is 0 Å². The summed E-state index contributed by atoms with van der Waals surface area (Å²) >= 11 is 0. The zero-order valence-electron chi connectivity index (χ0n) is 12.3. The molecule has 2 rings (SSSR count). The highest BCUT2D eigenvalue weighted by molar-refractivity contribution is 5.94. The molecule has 21 heavy (non-hydrogen) atoms. The molecule has 2 aromatic carbocycles. The summed E-state index contributed by atoms with van der Waals surface area (Å²) in [6.07, 6.45) is 1.13. The fourth-order valence-corrected chi connectivity index (χ4v) is 2.12. The molecular weight excluding hydrogens is 264 g/mol. The van der Waals surface area contributed by atoms with Gasteiger partial charge in [0.15, 0.2) is 0 Å². The first-order chi connectivity index (χ1) is 10.1. The minimum Gasteiger partial charge on any atom is -0.497 e. The number of hydrogen-bond donors (Lipinski definition) is 2. The summed E-state index contributed by atoms with van der Waals surface area (Å²) < 4.78 is 5.13. The first-order valence-electron chi connectivity index (χ1n) is 6.88. The van der Waals surface area contributed by atoms with Gasteiger partial charge in [0.05, 0.1) is 18.5 Å². The fraction of sp³-hybridized carbons (Fsp3) is 0.235. The van der Waals surface area contributed by atoms with Gasteiger partial charge in [-0.2, -0.15) is 0 Å². The largest absolute Gasteiger partial charge is 0.497 e. The molecule has 0 fully saturated rings. The van der Waals surface area contributed by atoms with Gasteiger partial charge in [-0.15, -0.1) is 0 Å². The highest BCUT2D eigenvalue weighted by Crippen LogP contribution is 2.24. The van der Waals surface area contributed by atoms with Crippen molar-refractivity contribution in [3.05, 3.63) is 53.6 Å². The molecule has 0 heterocycles. The third kappa shape index (κ3) is 3.99. The lowest BCUT2D eigenvalue weighted by Crippen LogP contribution is -2.14. The SMILES string of the molecule is COc1ccc(N)c(NC(=O)CCc2ccccc2C)c1. The Morgan fingerprint density at radius 2 is 2.00 bits per heavy atom. The summed E-state index contributed by atoms with van der Waals surface area (Å²) in [7, 11) is 1.58. The van der Waals surface area contributed by atoms with Gasteiger partial charge in [-0.05, 0) is 36.6 Å². The number of nitrogens with one attached hydrogen (secondary N) is 1. The lowest BCUT2D eigenvalue weighted by molar-refractivity contribution is -0.116. The predicted molar refractivity (Wildman–Crippen MR) is 85.5 cm³/mol. The monoisotopic (exact) mass is 284 g/mol. The Morgan fingerprint density at radius 3 is 2.71 bits per heavy atom. The molecule has 0 aliphatic rings. The van der Waals surface area contributed by atoms with E-state index in [-0.39, 0.29) is 5.91 Å². The Bertz CT molecular complexity index is 638. The molecule has 4 heteroatoms. The van der Waals surface area contributed by atoms with Gasteiger partial charge in [0.2, 0.25) is 5.91 Å². The minimum absolute atomic E-state index is 0.0572. The number of amides is 1. The number of anilines is 2. The molecule has 1 amide bonds. The molecule has 0 atom stereocenters. The molecule has 0 spiro atoms. The van der Waals surface area contributed by atoms with Gasteiger partial charge >= 0.3 is 0 Å². The first kappa shape index (κ1) is 14.9. The molecule has 2 aromatic rings. The van der Waals surface area contributed by atoms with Crippen molar-refractivity contribution in [2.24, 2.45) is 0 Å². The summed E-state index contributed by atoms with van der Waals surface area (Å²) in [5, 5.41) is 2.83. The molecular formula is C17H20N2O2. The zero-order chi connectivity index (χ0) is 15.2. The second-order valence-corrected chi connectivity index (χ2v) is 4.93. The molecule has 4 nitrogen and oxygen atoms in total. The van der Waals surface area contributed by atoms with Gasteiger partial charge in [-0.1, -0.05) is 24.3 Å². The number of carbonyl (C=O) groups excluding carboxylic acids is 1. The van der Waals surface area contributed by atoms with Crippen molar-refractivity contribution in [3.8, 4) is 5.75 Å². The maximum atomic E-state index is 12.0. The highest BCUT2D eigenvalue weighted by atomic mass is 16.5. The van der Waals surface area contributed by atoms with Gasteiger partial charge in [0.1, 0.15) is 5.75 Å². The maximum absolute atomic E-state index is 12.0. The topological polar surface area (TPSA) is 64.3 Å². The van der Waals surface area contributed by atoms with Crippen LogP contribution in [-0.4, -0.2) is 13.0 Å². The van der Waals surface area contributed by atoms with Gasteiger partial charge in [-0.25, -0.2) is 0 Å². The van der Waals surface area contributed by atoms with Crippen molar-refractivity contribution in [3.63, 3.8) is 0 Å². The van der Waals surface area contributed by atoms with Crippen molar-refractivity contribution >= 4 is 17.3 Å². The van der Waals surface area contributed by atoms with Crippen LogP contribution in [0.4, 0.5) is 11.4 Å². The molecule has 0 unspecified atom stereocenters. The molecule has 3 N–H and O–H groups in total. The molecule has 0 saturated carbocycles. The number of rotatable bonds is 5.